The SMILES string of the molecule is CCNC(=NCC(O)c1ccc(F)cc1)NC1CCN(CC(=O)NC)CC1. The molecule has 1 aliphatic rings. The first-order valence-electron chi connectivity index (χ1n) is 9.43. The molecule has 1 aromatic carbocycles. The summed E-state index contributed by atoms with van der Waals surface area (Å²) in [6.07, 6.45) is 1.06. The number of aliphatic hydroxyl groups is 1. The Morgan fingerprint density at radius 1 is 1.33 bits per heavy atom. The predicted octanol–water partition coefficient (Wildman–Crippen LogP) is 0.625. The number of piperidine rings is 1. The van der Waals surface area contributed by atoms with Crippen LogP contribution in [-0.4, -0.2) is 67.7 Å². The molecule has 0 radical (unpaired) electrons. The summed E-state index contributed by atoms with van der Waals surface area (Å²) in [6, 6.07) is 6.07. The summed E-state index contributed by atoms with van der Waals surface area (Å²) in [5, 5.41) is 19.5. The van der Waals surface area contributed by atoms with E-state index in [2.05, 4.69) is 25.8 Å². The molecule has 1 aromatic rings. The monoisotopic (exact) mass is 379 g/mol. The fourth-order valence-corrected chi connectivity index (χ4v) is 3.00. The van der Waals surface area contributed by atoms with E-state index in [1.807, 2.05) is 6.92 Å². The fraction of sp³-hybridized carbons (Fsp3) is 0.579. The van der Waals surface area contributed by atoms with Crippen LogP contribution in [0.4, 0.5) is 4.39 Å². The summed E-state index contributed by atoms with van der Waals surface area (Å²) in [5.74, 6) is 0.363. The standard InChI is InChI=1S/C19H30FN5O2/c1-3-22-19(23-12-17(26)14-4-6-15(20)7-5-14)24-16-8-10-25(11-9-16)13-18(27)21-2/h4-7,16-17,26H,3,8-13H2,1-2H3,(H,21,27)(H2,22,23,24). The van der Waals surface area contributed by atoms with Gasteiger partial charge in [0.1, 0.15) is 5.82 Å². The molecule has 0 aromatic heterocycles. The van der Waals surface area contributed by atoms with Crippen molar-refractivity contribution in [3.63, 3.8) is 0 Å². The van der Waals surface area contributed by atoms with Crippen molar-refractivity contribution >= 4 is 11.9 Å². The van der Waals surface area contributed by atoms with Gasteiger partial charge in [-0.05, 0) is 37.5 Å². The maximum Gasteiger partial charge on any atom is 0.233 e. The summed E-state index contributed by atoms with van der Waals surface area (Å²) < 4.78 is 13.0. The van der Waals surface area contributed by atoms with E-state index in [1.54, 1.807) is 19.2 Å². The molecule has 1 aliphatic heterocycles. The highest BCUT2D eigenvalue weighted by Gasteiger charge is 2.21. The molecule has 1 amide bonds. The maximum absolute atomic E-state index is 13.0. The van der Waals surface area contributed by atoms with Crippen LogP contribution in [0.3, 0.4) is 0 Å². The Balaban J connectivity index is 1.85. The highest BCUT2D eigenvalue weighted by molar-refractivity contribution is 5.80. The Hall–Kier alpha value is -2.19. The van der Waals surface area contributed by atoms with Crippen molar-refractivity contribution in [3.8, 4) is 0 Å². The van der Waals surface area contributed by atoms with E-state index in [9.17, 15) is 14.3 Å². The van der Waals surface area contributed by atoms with Gasteiger partial charge in [0.25, 0.3) is 0 Å². The van der Waals surface area contributed by atoms with Gasteiger partial charge in [0.05, 0.1) is 19.2 Å². The molecule has 4 N–H and O–H groups in total. The average Bonchev–Trinajstić information content (AvgIpc) is 2.68. The van der Waals surface area contributed by atoms with Crippen molar-refractivity contribution < 1.29 is 14.3 Å². The number of hydrogen-bond acceptors (Lipinski definition) is 4. The van der Waals surface area contributed by atoms with Crippen LogP contribution in [0.5, 0.6) is 0 Å². The molecule has 1 fully saturated rings. The molecule has 0 bridgehead atoms. The number of nitrogens with zero attached hydrogens (tertiary/aromatic N) is 2. The number of nitrogens with one attached hydrogen (secondary N) is 3. The predicted molar refractivity (Wildman–Crippen MR) is 104 cm³/mol. The Kier molecular flexibility index (Phi) is 8.47. The fourth-order valence-electron chi connectivity index (χ4n) is 3.00. The van der Waals surface area contributed by atoms with E-state index in [-0.39, 0.29) is 24.3 Å². The van der Waals surface area contributed by atoms with Gasteiger partial charge in [0.15, 0.2) is 5.96 Å². The van der Waals surface area contributed by atoms with E-state index >= 15 is 0 Å². The number of benzene rings is 1. The quantitative estimate of drug-likeness (QED) is 0.412. The van der Waals surface area contributed by atoms with E-state index in [0.717, 1.165) is 25.9 Å². The topological polar surface area (TPSA) is 89.0 Å². The summed E-state index contributed by atoms with van der Waals surface area (Å²) in [5.41, 5.74) is 0.638. The normalized spacial score (nSPS) is 17.4. The number of likely N-dealkylation sites (N-methyl/N-ethyl adjacent to an activating group) is 1. The van der Waals surface area contributed by atoms with Crippen LogP contribution in [0.15, 0.2) is 29.3 Å². The zero-order valence-corrected chi connectivity index (χ0v) is 16.0. The molecule has 1 atom stereocenters. The van der Waals surface area contributed by atoms with Gasteiger partial charge >= 0.3 is 0 Å². The minimum Gasteiger partial charge on any atom is -0.386 e. The summed E-state index contributed by atoms with van der Waals surface area (Å²) in [7, 11) is 1.65. The number of halogens is 1. The van der Waals surface area contributed by atoms with E-state index < -0.39 is 6.10 Å². The Labute approximate surface area is 160 Å². The lowest BCUT2D eigenvalue weighted by molar-refractivity contribution is -0.122. The van der Waals surface area contributed by atoms with Gasteiger partial charge in [-0.1, -0.05) is 12.1 Å². The van der Waals surface area contributed by atoms with Crippen LogP contribution in [0, 0.1) is 5.82 Å². The molecule has 8 heteroatoms. The van der Waals surface area contributed by atoms with Crippen LogP contribution < -0.4 is 16.0 Å². The minimum atomic E-state index is -0.782. The first-order valence-corrected chi connectivity index (χ1v) is 9.43. The first-order chi connectivity index (χ1) is 13.0. The maximum atomic E-state index is 13.0. The van der Waals surface area contributed by atoms with Crippen LogP contribution in [0.2, 0.25) is 0 Å². The molecule has 150 valence electrons. The zero-order chi connectivity index (χ0) is 19.6. The lowest BCUT2D eigenvalue weighted by Gasteiger charge is -2.32. The Morgan fingerprint density at radius 3 is 2.59 bits per heavy atom. The van der Waals surface area contributed by atoms with E-state index in [4.69, 9.17) is 0 Å². The summed E-state index contributed by atoms with van der Waals surface area (Å²) >= 11 is 0. The van der Waals surface area contributed by atoms with E-state index in [1.165, 1.54) is 12.1 Å². The number of carbonyl (C=O) groups is 1. The van der Waals surface area contributed by atoms with Gasteiger partial charge in [-0.25, -0.2) is 4.39 Å². The number of rotatable bonds is 7. The van der Waals surface area contributed by atoms with Gasteiger partial charge in [-0.2, -0.15) is 0 Å². The molecule has 0 saturated carbocycles. The van der Waals surface area contributed by atoms with Crippen molar-refractivity contribution in [2.75, 3.05) is 39.8 Å². The molecule has 1 saturated heterocycles. The molecular formula is C19H30FN5O2. The van der Waals surface area contributed by atoms with Crippen molar-refractivity contribution in [2.24, 2.45) is 4.99 Å². The summed E-state index contributed by atoms with van der Waals surface area (Å²) in [6.45, 7) is 5.02. The highest BCUT2D eigenvalue weighted by Crippen LogP contribution is 2.14. The molecule has 0 spiro atoms. The molecule has 2 rings (SSSR count). The van der Waals surface area contributed by atoms with Crippen LogP contribution in [-0.2, 0) is 4.79 Å². The Bertz CT molecular complexity index is 615. The van der Waals surface area contributed by atoms with Gasteiger partial charge in [-0.15, -0.1) is 0 Å². The van der Waals surface area contributed by atoms with Crippen molar-refractivity contribution in [1.82, 2.24) is 20.9 Å². The number of aliphatic hydroxyl groups excluding tert-OH is 1. The molecular weight excluding hydrogens is 349 g/mol. The number of carbonyl (C=O) groups excluding carboxylic acids is 1. The molecule has 7 nitrogen and oxygen atoms in total. The van der Waals surface area contributed by atoms with Crippen molar-refractivity contribution in [3.05, 3.63) is 35.6 Å². The molecule has 1 heterocycles. The van der Waals surface area contributed by atoms with Crippen LogP contribution >= 0.6 is 0 Å². The van der Waals surface area contributed by atoms with Gasteiger partial charge < -0.3 is 21.1 Å². The number of amides is 1. The van der Waals surface area contributed by atoms with E-state index in [0.29, 0.717) is 24.6 Å². The summed E-state index contributed by atoms with van der Waals surface area (Å²) in [4.78, 5) is 18.1. The highest BCUT2D eigenvalue weighted by atomic mass is 19.1. The van der Waals surface area contributed by atoms with Gasteiger partial charge in [0, 0.05) is 32.7 Å². The van der Waals surface area contributed by atoms with Crippen molar-refractivity contribution in [2.45, 2.75) is 31.9 Å². The lowest BCUT2D eigenvalue weighted by Crippen LogP contribution is -2.50. The largest absolute Gasteiger partial charge is 0.386 e. The first kappa shape index (κ1) is 21.1. The number of guanidine groups is 1. The second-order valence-electron chi connectivity index (χ2n) is 6.65. The minimum absolute atomic E-state index is 0.0334. The average molecular weight is 379 g/mol. The van der Waals surface area contributed by atoms with Gasteiger partial charge in [0.2, 0.25) is 5.91 Å². The third-order valence-electron chi connectivity index (χ3n) is 4.60. The number of hydrogen-bond donors (Lipinski definition) is 4. The van der Waals surface area contributed by atoms with Crippen LogP contribution in [0.1, 0.15) is 31.4 Å². The third kappa shape index (κ3) is 7.15. The van der Waals surface area contributed by atoms with Gasteiger partial charge in [-0.3, -0.25) is 14.7 Å². The Morgan fingerprint density at radius 2 is 2.00 bits per heavy atom. The molecule has 1 unspecified atom stereocenters. The number of aliphatic imine (C=N–C) groups is 1. The van der Waals surface area contributed by atoms with Crippen LogP contribution in [0.25, 0.3) is 0 Å². The molecule has 0 aliphatic carbocycles. The lowest BCUT2D eigenvalue weighted by atomic mass is 10.1. The smallest absolute Gasteiger partial charge is 0.233 e. The number of likely N-dealkylation sites (tertiary alicyclic amines) is 1. The second-order valence-corrected chi connectivity index (χ2v) is 6.65. The van der Waals surface area contributed by atoms with Crippen molar-refractivity contribution in [1.29, 1.82) is 0 Å². The zero-order valence-electron chi connectivity index (χ0n) is 16.0. The molecule has 27 heavy (non-hydrogen) atoms. The second kappa shape index (κ2) is 10.8. The third-order valence-corrected chi connectivity index (χ3v) is 4.60.